The van der Waals surface area contributed by atoms with Gasteiger partial charge in [0, 0.05) is 27.9 Å². The number of Topliss-reactive ketones (excluding diaryl/α,β-unsaturated/α-hetero) is 1. The summed E-state index contributed by atoms with van der Waals surface area (Å²) in [6.07, 6.45) is 2.92. The van der Waals surface area contributed by atoms with Gasteiger partial charge < -0.3 is 10.1 Å². The Balaban J connectivity index is 2.12. The molecule has 6 heteroatoms. The topological polar surface area (TPSA) is 55.4 Å². The summed E-state index contributed by atoms with van der Waals surface area (Å²) in [5.41, 5.74) is 1.77. The Morgan fingerprint density at radius 1 is 1.12 bits per heavy atom. The van der Waals surface area contributed by atoms with Crippen molar-refractivity contribution in [1.82, 2.24) is 0 Å². The fraction of sp³-hybridized carbons (Fsp3) is 0.111. The van der Waals surface area contributed by atoms with Crippen LogP contribution in [0.3, 0.4) is 0 Å². The fourth-order valence-electron chi connectivity index (χ4n) is 2.06. The monoisotopic (exact) mass is 363 g/mol. The molecule has 0 saturated heterocycles. The first-order chi connectivity index (χ1) is 11.4. The molecule has 0 aliphatic rings. The molecule has 0 aliphatic carbocycles. The van der Waals surface area contributed by atoms with E-state index in [0.717, 1.165) is 0 Å². The predicted octanol–water partition coefficient (Wildman–Crippen LogP) is 4.86. The minimum Gasteiger partial charge on any atom is -0.495 e. The molecule has 2 aromatic rings. The second kappa shape index (κ2) is 7.99. The lowest BCUT2D eigenvalue weighted by Crippen LogP contribution is -2.07. The first-order valence-electron chi connectivity index (χ1n) is 7.04. The molecule has 4 nitrogen and oxygen atoms in total. The molecule has 1 amide bonds. The number of hydrogen-bond donors (Lipinski definition) is 1. The standard InChI is InChI=1S/C18H15Cl2NO3/c1-11(22)12-3-6-15(7-4-12)21-17(23)8-5-13-9-14(19)10-16(20)18(13)24-2/h3-10H,1-2H3,(H,21,23). The highest BCUT2D eigenvalue weighted by atomic mass is 35.5. The molecule has 0 spiro atoms. The Labute approximate surface area is 150 Å². The van der Waals surface area contributed by atoms with Crippen molar-refractivity contribution >= 4 is 46.7 Å². The molecule has 24 heavy (non-hydrogen) atoms. The summed E-state index contributed by atoms with van der Waals surface area (Å²) >= 11 is 12.0. The molecule has 0 unspecified atom stereocenters. The average Bonchev–Trinajstić information content (AvgIpc) is 2.53. The maximum atomic E-state index is 12.0. The first-order valence-corrected chi connectivity index (χ1v) is 7.79. The van der Waals surface area contributed by atoms with Crippen LogP contribution in [-0.2, 0) is 4.79 Å². The molecule has 2 aromatic carbocycles. The zero-order chi connectivity index (χ0) is 17.7. The fourth-order valence-corrected chi connectivity index (χ4v) is 2.64. The minimum absolute atomic E-state index is 0.0299. The van der Waals surface area contributed by atoms with Crippen LogP contribution in [-0.4, -0.2) is 18.8 Å². The zero-order valence-corrected chi connectivity index (χ0v) is 14.6. The van der Waals surface area contributed by atoms with Crippen LogP contribution in [0.5, 0.6) is 5.75 Å². The van der Waals surface area contributed by atoms with Crippen LogP contribution < -0.4 is 10.1 Å². The molecule has 0 atom stereocenters. The van der Waals surface area contributed by atoms with Gasteiger partial charge in [0.2, 0.25) is 5.91 Å². The van der Waals surface area contributed by atoms with Crippen molar-refractivity contribution in [3.8, 4) is 5.75 Å². The van der Waals surface area contributed by atoms with Crippen molar-refractivity contribution in [2.75, 3.05) is 12.4 Å². The number of methoxy groups -OCH3 is 1. The van der Waals surface area contributed by atoms with Gasteiger partial charge in [-0.2, -0.15) is 0 Å². The van der Waals surface area contributed by atoms with Gasteiger partial charge in [0.15, 0.2) is 5.78 Å². The molecular weight excluding hydrogens is 349 g/mol. The maximum absolute atomic E-state index is 12.0. The number of ether oxygens (including phenoxy) is 1. The number of halogens is 2. The Hall–Kier alpha value is -2.30. The molecule has 0 heterocycles. The number of hydrogen-bond acceptors (Lipinski definition) is 3. The Bertz CT molecular complexity index is 799. The number of carbonyl (C=O) groups is 2. The van der Waals surface area contributed by atoms with Gasteiger partial charge in [0.1, 0.15) is 5.75 Å². The summed E-state index contributed by atoms with van der Waals surface area (Å²) in [5.74, 6) is 0.0809. The van der Waals surface area contributed by atoms with Crippen molar-refractivity contribution in [3.63, 3.8) is 0 Å². The van der Waals surface area contributed by atoms with Gasteiger partial charge >= 0.3 is 0 Å². The van der Waals surface area contributed by atoms with Gasteiger partial charge in [-0.05, 0) is 49.4 Å². The lowest BCUT2D eigenvalue weighted by atomic mass is 10.1. The molecule has 124 valence electrons. The number of rotatable bonds is 5. The minimum atomic E-state index is -0.330. The summed E-state index contributed by atoms with van der Waals surface area (Å²) in [6.45, 7) is 1.49. The SMILES string of the molecule is COc1c(Cl)cc(Cl)cc1C=CC(=O)Nc1ccc(C(C)=O)cc1. The smallest absolute Gasteiger partial charge is 0.248 e. The average molecular weight is 364 g/mol. The maximum Gasteiger partial charge on any atom is 0.248 e. The van der Waals surface area contributed by atoms with E-state index >= 15 is 0 Å². The van der Waals surface area contributed by atoms with Crippen LogP contribution in [0.4, 0.5) is 5.69 Å². The Morgan fingerprint density at radius 2 is 1.79 bits per heavy atom. The molecule has 0 fully saturated rings. The van der Waals surface area contributed by atoms with Gasteiger partial charge in [0.25, 0.3) is 0 Å². The number of nitrogens with one attached hydrogen (secondary N) is 1. The van der Waals surface area contributed by atoms with Crippen LogP contribution in [0.15, 0.2) is 42.5 Å². The number of anilines is 1. The van der Waals surface area contributed by atoms with Crippen LogP contribution in [0.1, 0.15) is 22.8 Å². The van der Waals surface area contributed by atoms with E-state index < -0.39 is 0 Å². The Morgan fingerprint density at radius 3 is 2.38 bits per heavy atom. The molecule has 1 N–H and O–H groups in total. The van der Waals surface area contributed by atoms with E-state index in [0.29, 0.717) is 32.6 Å². The molecule has 0 aliphatic heterocycles. The van der Waals surface area contributed by atoms with Gasteiger partial charge in [-0.15, -0.1) is 0 Å². The van der Waals surface area contributed by atoms with Gasteiger partial charge in [-0.25, -0.2) is 0 Å². The molecule has 0 saturated carbocycles. The van der Waals surface area contributed by atoms with E-state index in [4.69, 9.17) is 27.9 Å². The third-order valence-electron chi connectivity index (χ3n) is 3.21. The lowest BCUT2D eigenvalue weighted by molar-refractivity contribution is -0.111. The van der Waals surface area contributed by atoms with Gasteiger partial charge in [0.05, 0.1) is 12.1 Å². The summed E-state index contributed by atoms with van der Waals surface area (Å²) in [4.78, 5) is 23.2. The van der Waals surface area contributed by atoms with E-state index in [2.05, 4.69) is 5.32 Å². The van der Waals surface area contributed by atoms with E-state index in [9.17, 15) is 9.59 Å². The Kier molecular flexibility index (Phi) is 6.01. The van der Waals surface area contributed by atoms with Crippen molar-refractivity contribution in [2.24, 2.45) is 0 Å². The molecule has 0 bridgehead atoms. The summed E-state index contributed by atoms with van der Waals surface area (Å²) in [7, 11) is 1.49. The predicted molar refractivity (Wildman–Crippen MR) is 97.1 cm³/mol. The van der Waals surface area contributed by atoms with Crippen LogP contribution in [0, 0.1) is 0 Å². The molecule has 2 rings (SSSR count). The molecule has 0 radical (unpaired) electrons. The highest BCUT2D eigenvalue weighted by Gasteiger charge is 2.08. The highest BCUT2D eigenvalue weighted by Crippen LogP contribution is 2.32. The lowest BCUT2D eigenvalue weighted by Gasteiger charge is -2.08. The second-order valence-corrected chi connectivity index (χ2v) is 5.81. The largest absolute Gasteiger partial charge is 0.495 e. The number of carbonyl (C=O) groups excluding carboxylic acids is 2. The van der Waals surface area contributed by atoms with Crippen LogP contribution >= 0.6 is 23.2 Å². The molecular formula is C18H15Cl2NO3. The first kappa shape index (κ1) is 18.0. The highest BCUT2D eigenvalue weighted by molar-refractivity contribution is 6.36. The van der Waals surface area contributed by atoms with E-state index in [1.54, 1.807) is 42.5 Å². The van der Waals surface area contributed by atoms with Crippen molar-refractivity contribution in [2.45, 2.75) is 6.92 Å². The van der Waals surface area contributed by atoms with E-state index in [-0.39, 0.29) is 11.7 Å². The van der Waals surface area contributed by atoms with Crippen molar-refractivity contribution in [3.05, 3.63) is 63.6 Å². The zero-order valence-electron chi connectivity index (χ0n) is 13.1. The van der Waals surface area contributed by atoms with Crippen LogP contribution in [0.25, 0.3) is 6.08 Å². The van der Waals surface area contributed by atoms with Gasteiger partial charge in [-0.1, -0.05) is 23.2 Å². The molecule has 0 aromatic heterocycles. The van der Waals surface area contributed by atoms with Gasteiger partial charge in [-0.3, -0.25) is 9.59 Å². The van der Waals surface area contributed by atoms with E-state index in [1.165, 1.54) is 20.1 Å². The summed E-state index contributed by atoms with van der Waals surface area (Å²) in [5, 5.41) is 3.51. The third-order valence-corrected chi connectivity index (χ3v) is 3.71. The number of amides is 1. The summed E-state index contributed by atoms with van der Waals surface area (Å²) in [6, 6.07) is 9.86. The quantitative estimate of drug-likeness (QED) is 0.609. The van der Waals surface area contributed by atoms with E-state index in [1.807, 2.05) is 0 Å². The van der Waals surface area contributed by atoms with Crippen molar-refractivity contribution < 1.29 is 14.3 Å². The third kappa shape index (κ3) is 4.60. The second-order valence-electron chi connectivity index (χ2n) is 4.97. The summed E-state index contributed by atoms with van der Waals surface area (Å²) < 4.78 is 5.21. The number of ketones is 1. The van der Waals surface area contributed by atoms with Crippen LogP contribution in [0.2, 0.25) is 10.0 Å². The van der Waals surface area contributed by atoms with Crippen molar-refractivity contribution in [1.29, 1.82) is 0 Å². The number of benzene rings is 2. The normalized spacial score (nSPS) is 10.7.